The van der Waals surface area contributed by atoms with Crippen LogP contribution in [-0.4, -0.2) is 42.3 Å². The maximum absolute atomic E-state index is 6.22. The molecule has 3 aromatic rings. The van der Waals surface area contributed by atoms with E-state index >= 15 is 0 Å². The first kappa shape index (κ1) is 16.3. The molecule has 26 heavy (non-hydrogen) atoms. The van der Waals surface area contributed by atoms with Crippen molar-refractivity contribution in [1.29, 1.82) is 0 Å². The average molecular weight is 387 g/mol. The van der Waals surface area contributed by atoms with Crippen molar-refractivity contribution in [3.63, 3.8) is 0 Å². The van der Waals surface area contributed by atoms with Crippen LogP contribution >= 0.6 is 22.9 Å². The predicted molar refractivity (Wildman–Crippen MR) is 107 cm³/mol. The molecule has 2 unspecified atom stereocenters. The fraction of sp³-hybridized carbons (Fsp3) is 0.368. The van der Waals surface area contributed by atoms with E-state index in [1.54, 1.807) is 24.8 Å². The second kappa shape index (κ2) is 6.37. The third-order valence-corrected chi connectivity index (χ3v) is 6.56. The summed E-state index contributed by atoms with van der Waals surface area (Å²) in [6.45, 7) is 2.02. The maximum Gasteiger partial charge on any atom is 0.140 e. The highest BCUT2D eigenvalue weighted by molar-refractivity contribution is 7.22. The van der Waals surface area contributed by atoms with Gasteiger partial charge in [0.05, 0.1) is 12.5 Å². The number of benzene rings is 1. The summed E-state index contributed by atoms with van der Waals surface area (Å²) in [7, 11) is 1.68. The summed E-state index contributed by atoms with van der Waals surface area (Å²) in [6.07, 6.45) is 4.19. The van der Waals surface area contributed by atoms with Crippen LogP contribution in [0, 0.1) is 0 Å². The number of fused-ring (bicyclic) bond motifs is 3. The van der Waals surface area contributed by atoms with E-state index in [4.69, 9.17) is 16.3 Å². The summed E-state index contributed by atoms with van der Waals surface area (Å²) in [5.74, 6) is 1.85. The number of hydrogen-bond acceptors (Lipinski definition) is 6. The van der Waals surface area contributed by atoms with Crippen LogP contribution in [0.4, 0.5) is 5.82 Å². The molecule has 2 bridgehead atoms. The highest BCUT2D eigenvalue weighted by atomic mass is 35.5. The Bertz CT molecular complexity index is 963. The zero-order valence-electron chi connectivity index (χ0n) is 14.4. The van der Waals surface area contributed by atoms with E-state index in [0.717, 1.165) is 45.3 Å². The molecular formula is C19H19ClN4OS. The largest absolute Gasteiger partial charge is 0.496 e. The lowest BCUT2D eigenvalue weighted by Crippen LogP contribution is -2.51. The molecule has 1 aromatic carbocycles. The monoisotopic (exact) mass is 386 g/mol. The van der Waals surface area contributed by atoms with Crippen LogP contribution in [0.3, 0.4) is 0 Å². The molecule has 0 amide bonds. The second-order valence-electron chi connectivity index (χ2n) is 6.91. The summed E-state index contributed by atoms with van der Waals surface area (Å²) in [6, 6.07) is 9.02. The van der Waals surface area contributed by atoms with E-state index in [2.05, 4.69) is 26.3 Å². The van der Waals surface area contributed by atoms with Crippen LogP contribution in [0.15, 0.2) is 30.6 Å². The van der Waals surface area contributed by atoms with Gasteiger partial charge in [-0.25, -0.2) is 9.97 Å². The fourth-order valence-corrected chi connectivity index (χ4v) is 5.26. The predicted octanol–water partition coefficient (Wildman–Crippen LogP) is 3.96. The molecule has 4 heterocycles. The second-order valence-corrected chi connectivity index (χ2v) is 8.38. The van der Waals surface area contributed by atoms with Crippen molar-refractivity contribution in [3.05, 3.63) is 35.6 Å². The number of methoxy groups -OCH3 is 1. The number of ether oxygens (including phenoxy) is 1. The topological polar surface area (TPSA) is 50.3 Å². The molecule has 1 N–H and O–H groups in total. The van der Waals surface area contributed by atoms with Crippen LogP contribution in [0.25, 0.3) is 20.7 Å². The average Bonchev–Trinajstić information content (AvgIpc) is 3.24. The van der Waals surface area contributed by atoms with Crippen molar-refractivity contribution < 1.29 is 4.74 Å². The Morgan fingerprint density at radius 2 is 2.00 bits per heavy atom. The molecule has 7 heteroatoms. The van der Waals surface area contributed by atoms with E-state index in [0.29, 0.717) is 17.1 Å². The van der Waals surface area contributed by atoms with Gasteiger partial charge in [-0.2, -0.15) is 0 Å². The summed E-state index contributed by atoms with van der Waals surface area (Å²) in [5, 5.41) is 5.48. The van der Waals surface area contributed by atoms with Crippen LogP contribution < -0.4 is 15.0 Å². The number of piperazine rings is 1. The molecule has 2 saturated heterocycles. The Hall–Kier alpha value is -1.89. The van der Waals surface area contributed by atoms with Crippen molar-refractivity contribution in [2.24, 2.45) is 0 Å². The van der Waals surface area contributed by atoms with E-state index in [-0.39, 0.29) is 0 Å². The molecule has 0 aliphatic carbocycles. The van der Waals surface area contributed by atoms with Gasteiger partial charge in [0.15, 0.2) is 0 Å². The number of anilines is 1. The molecule has 5 nitrogen and oxygen atoms in total. The van der Waals surface area contributed by atoms with Gasteiger partial charge in [0.25, 0.3) is 0 Å². The molecule has 0 spiro atoms. The van der Waals surface area contributed by atoms with Crippen molar-refractivity contribution in [3.8, 4) is 16.2 Å². The highest BCUT2D eigenvalue weighted by Gasteiger charge is 2.33. The van der Waals surface area contributed by atoms with Gasteiger partial charge in [-0.1, -0.05) is 11.6 Å². The Kier molecular flexibility index (Phi) is 3.99. The molecule has 134 valence electrons. The Labute approximate surface area is 161 Å². The third-order valence-electron chi connectivity index (χ3n) is 5.25. The molecule has 2 aromatic heterocycles. The fourth-order valence-electron chi connectivity index (χ4n) is 4.07. The lowest BCUT2D eigenvalue weighted by Gasteiger charge is -2.33. The van der Waals surface area contributed by atoms with Crippen molar-refractivity contribution in [2.45, 2.75) is 24.9 Å². The van der Waals surface area contributed by atoms with Crippen LogP contribution in [-0.2, 0) is 0 Å². The number of aromatic nitrogens is 2. The molecule has 2 atom stereocenters. The lowest BCUT2D eigenvalue weighted by molar-refractivity contribution is 0.416. The van der Waals surface area contributed by atoms with Crippen molar-refractivity contribution in [1.82, 2.24) is 15.3 Å². The van der Waals surface area contributed by atoms with E-state index < -0.39 is 0 Å². The van der Waals surface area contributed by atoms with Crippen LogP contribution in [0.2, 0.25) is 5.02 Å². The summed E-state index contributed by atoms with van der Waals surface area (Å²) in [4.78, 5) is 13.6. The summed E-state index contributed by atoms with van der Waals surface area (Å²) in [5.41, 5.74) is 0.995. The van der Waals surface area contributed by atoms with Crippen LogP contribution in [0.1, 0.15) is 12.8 Å². The van der Waals surface area contributed by atoms with Crippen molar-refractivity contribution in [2.75, 3.05) is 25.1 Å². The molecule has 5 rings (SSSR count). The zero-order valence-corrected chi connectivity index (χ0v) is 16.0. The van der Waals surface area contributed by atoms with E-state index in [9.17, 15) is 0 Å². The lowest BCUT2D eigenvalue weighted by atomic mass is 10.1. The van der Waals surface area contributed by atoms with Gasteiger partial charge < -0.3 is 15.0 Å². The molecule has 2 aliphatic rings. The summed E-state index contributed by atoms with van der Waals surface area (Å²) < 4.78 is 5.53. The van der Waals surface area contributed by atoms with E-state index in [1.807, 2.05) is 18.2 Å². The molecule has 2 aliphatic heterocycles. The number of nitrogens with one attached hydrogen (secondary N) is 1. The standard InChI is InChI=1S/C19H19ClN4OS/c1-25-16-5-2-11(20)6-14(16)17-7-15-18(21-10-22-19(15)26-17)24-8-12-3-4-13(9-24)23-12/h2,5-7,10,12-13,23H,3-4,8-9H2,1H3. The van der Waals surface area contributed by atoms with Gasteiger partial charge in [0.2, 0.25) is 0 Å². The number of thiophene rings is 1. The Morgan fingerprint density at radius 1 is 1.19 bits per heavy atom. The first-order valence-corrected chi connectivity index (χ1v) is 10.00. The highest BCUT2D eigenvalue weighted by Crippen LogP contribution is 2.41. The van der Waals surface area contributed by atoms with Gasteiger partial charge >= 0.3 is 0 Å². The quantitative estimate of drug-likeness (QED) is 0.738. The van der Waals surface area contributed by atoms with Crippen LogP contribution in [0.5, 0.6) is 5.75 Å². The van der Waals surface area contributed by atoms with Gasteiger partial charge in [0, 0.05) is 40.6 Å². The van der Waals surface area contributed by atoms with Gasteiger partial charge in [-0.05, 0) is 37.1 Å². The van der Waals surface area contributed by atoms with Gasteiger partial charge in [-0.3, -0.25) is 0 Å². The molecular weight excluding hydrogens is 368 g/mol. The number of halogens is 1. The number of rotatable bonds is 3. The molecule has 0 saturated carbocycles. The third kappa shape index (κ3) is 2.73. The minimum Gasteiger partial charge on any atom is -0.496 e. The number of nitrogens with zero attached hydrogens (tertiary/aromatic N) is 3. The van der Waals surface area contributed by atoms with E-state index in [1.165, 1.54) is 12.8 Å². The first-order chi connectivity index (χ1) is 12.7. The van der Waals surface area contributed by atoms with Gasteiger partial charge in [0.1, 0.15) is 22.7 Å². The van der Waals surface area contributed by atoms with Crippen molar-refractivity contribution >= 4 is 39.0 Å². The first-order valence-electron chi connectivity index (χ1n) is 8.81. The normalized spacial score (nSPS) is 22.2. The number of hydrogen-bond donors (Lipinski definition) is 1. The maximum atomic E-state index is 6.22. The molecule has 2 fully saturated rings. The Balaban J connectivity index is 1.60. The Morgan fingerprint density at radius 3 is 2.77 bits per heavy atom. The smallest absolute Gasteiger partial charge is 0.140 e. The minimum atomic E-state index is 0.574. The minimum absolute atomic E-state index is 0.574. The molecule has 0 radical (unpaired) electrons. The summed E-state index contributed by atoms with van der Waals surface area (Å²) >= 11 is 7.87. The SMILES string of the molecule is COc1ccc(Cl)cc1-c1cc2c(N3CC4CCC(C3)N4)ncnc2s1. The zero-order chi connectivity index (χ0) is 17.7. The van der Waals surface area contributed by atoms with Gasteiger partial charge in [-0.15, -0.1) is 11.3 Å².